The van der Waals surface area contributed by atoms with Crippen LogP contribution >= 0.6 is 0 Å². The number of hydrogen-bond donors (Lipinski definition) is 2. The van der Waals surface area contributed by atoms with Crippen LogP contribution < -0.4 is 11.1 Å². The summed E-state index contributed by atoms with van der Waals surface area (Å²) in [5.74, 6) is 0.593. The monoisotopic (exact) mass is 309 g/mol. The molecule has 2 aliphatic heterocycles. The van der Waals surface area contributed by atoms with Crippen molar-refractivity contribution < 1.29 is 4.79 Å². The van der Waals surface area contributed by atoms with Crippen LogP contribution in [-0.2, 0) is 0 Å². The van der Waals surface area contributed by atoms with Crippen LogP contribution in [0.2, 0.25) is 0 Å². The standard InChI is InChI=1S/C17H19N5O/c18-16-20-11-17(21-16)6-9-22(10-7-17)15(23)13-3-1-5-14-12(13)4-2-8-19-14/h1-5,8H,6-7,9-11H2,(H3,18,20,21). The zero-order chi connectivity index (χ0) is 15.9. The van der Waals surface area contributed by atoms with Crippen LogP contribution in [-0.4, -0.2) is 46.9 Å². The number of nitrogens with two attached hydrogens (primary N) is 1. The molecule has 3 heterocycles. The fourth-order valence-electron chi connectivity index (χ4n) is 3.47. The number of amides is 1. The molecule has 118 valence electrons. The van der Waals surface area contributed by atoms with Gasteiger partial charge in [-0.15, -0.1) is 0 Å². The predicted octanol–water partition coefficient (Wildman–Crippen LogP) is 1.13. The van der Waals surface area contributed by atoms with E-state index >= 15 is 0 Å². The largest absolute Gasteiger partial charge is 0.370 e. The van der Waals surface area contributed by atoms with E-state index in [0.717, 1.165) is 29.3 Å². The first kappa shape index (κ1) is 14.0. The highest BCUT2D eigenvalue weighted by Gasteiger charge is 2.39. The maximum atomic E-state index is 12.9. The Morgan fingerprint density at radius 2 is 2.04 bits per heavy atom. The van der Waals surface area contributed by atoms with Crippen LogP contribution in [0.4, 0.5) is 0 Å². The van der Waals surface area contributed by atoms with Crippen molar-refractivity contribution in [2.45, 2.75) is 18.4 Å². The Labute approximate surface area is 134 Å². The lowest BCUT2D eigenvalue weighted by Gasteiger charge is -2.39. The van der Waals surface area contributed by atoms with Crippen molar-refractivity contribution in [2.75, 3.05) is 19.6 Å². The summed E-state index contributed by atoms with van der Waals surface area (Å²) in [6, 6.07) is 9.52. The van der Waals surface area contributed by atoms with Crippen molar-refractivity contribution in [3.8, 4) is 0 Å². The fraction of sp³-hybridized carbons (Fsp3) is 0.353. The Kier molecular flexibility index (Phi) is 3.18. The zero-order valence-corrected chi connectivity index (χ0v) is 12.8. The van der Waals surface area contributed by atoms with Crippen LogP contribution in [0.3, 0.4) is 0 Å². The summed E-state index contributed by atoms with van der Waals surface area (Å²) in [5, 5.41) is 4.19. The molecule has 0 radical (unpaired) electrons. The van der Waals surface area contributed by atoms with E-state index < -0.39 is 0 Å². The second-order valence-corrected chi connectivity index (χ2v) is 6.27. The third-order valence-corrected chi connectivity index (χ3v) is 4.83. The van der Waals surface area contributed by atoms with E-state index in [1.807, 2.05) is 35.2 Å². The van der Waals surface area contributed by atoms with E-state index in [1.165, 1.54) is 0 Å². The number of likely N-dealkylation sites (tertiary alicyclic amines) is 1. The predicted molar refractivity (Wildman–Crippen MR) is 89.2 cm³/mol. The van der Waals surface area contributed by atoms with Crippen LogP contribution in [0.1, 0.15) is 23.2 Å². The van der Waals surface area contributed by atoms with Gasteiger partial charge < -0.3 is 16.0 Å². The number of nitrogens with zero attached hydrogens (tertiary/aromatic N) is 3. The molecular formula is C17H19N5O. The normalized spacial score (nSPS) is 19.7. The average Bonchev–Trinajstić information content (AvgIpc) is 2.95. The molecule has 1 amide bonds. The van der Waals surface area contributed by atoms with Gasteiger partial charge in [-0.1, -0.05) is 12.1 Å². The van der Waals surface area contributed by atoms with Gasteiger partial charge in [-0.05, 0) is 31.0 Å². The van der Waals surface area contributed by atoms with Gasteiger partial charge >= 0.3 is 0 Å². The van der Waals surface area contributed by atoms with E-state index in [4.69, 9.17) is 5.73 Å². The fourth-order valence-corrected chi connectivity index (χ4v) is 3.47. The Morgan fingerprint density at radius 3 is 2.78 bits per heavy atom. The summed E-state index contributed by atoms with van der Waals surface area (Å²) in [7, 11) is 0. The molecule has 1 spiro atoms. The van der Waals surface area contributed by atoms with Crippen LogP contribution in [0.25, 0.3) is 10.9 Å². The lowest BCUT2D eigenvalue weighted by atomic mass is 9.88. The highest BCUT2D eigenvalue weighted by Crippen LogP contribution is 2.27. The van der Waals surface area contributed by atoms with Gasteiger partial charge in [0.05, 0.1) is 17.6 Å². The molecule has 0 saturated carbocycles. The Bertz CT molecular complexity index is 787. The van der Waals surface area contributed by atoms with Crippen molar-refractivity contribution in [2.24, 2.45) is 10.7 Å². The lowest BCUT2D eigenvalue weighted by molar-refractivity contribution is 0.0670. The number of aliphatic imine (C=N–C) groups is 1. The number of fused-ring (bicyclic) bond motifs is 1. The third-order valence-electron chi connectivity index (χ3n) is 4.83. The van der Waals surface area contributed by atoms with Crippen LogP contribution in [0.5, 0.6) is 0 Å². The molecule has 1 aromatic heterocycles. The Balaban J connectivity index is 1.54. The van der Waals surface area contributed by atoms with Gasteiger partial charge in [0.1, 0.15) is 0 Å². The number of benzene rings is 1. The van der Waals surface area contributed by atoms with Gasteiger partial charge in [-0.3, -0.25) is 14.8 Å². The van der Waals surface area contributed by atoms with Gasteiger partial charge in [0.25, 0.3) is 5.91 Å². The molecule has 2 aromatic rings. The first-order chi connectivity index (χ1) is 11.2. The second kappa shape index (κ2) is 5.22. The molecule has 0 aliphatic carbocycles. The van der Waals surface area contributed by atoms with Crippen molar-refractivity contribution in [1.82, 2.24) is 15.2 Å². The third kappa shape index (κ3) is 2.40. The number of hydrogen-bond acceptors (Lipinski definition) is 5. The van der Waals surface area contributed by atoms with Crippen molar-refractivity contribution in [1.29, 1.82) is 0 Å². The molecule has 1 aromatic carbocycles. The molecule has 0 unspecified atom stereocenters. The van der Waals surface area contributed by atoms with E-state index in [1.54, 1.807) is 6.20 Å². The van der Waals surface area contributed by atoms with Gasteiger partial charge in [-0.2, -0.15) is 0 Å². The summed E-state index contributed by atoms with van der Waals surface area (Å²) >= 11 is 0. The maximum absolute atomic E-state index is 12.9. The lowest BCUT2D eigenvalue weighted by Crippen LogP contribution is -2.55. The summed E-state index contributed by atoms with van der Waals surface area (Å²) in [5.41, 5.74) is 7.26. The van der Waals surface area contributed by atoms with Gasteiger partial charge in [0.15, 0.2) is 5.96 Å². The molecule has 1 saturated heterocycles. The smallest absolute Gasteiger partial charge is 0.254 e. The quantitative estimate of drug-likeness (QED) is 0.827. The number of guanidine groups is 1. The molecule has 2 aliphatic rings. The molecule has 3 N–H and O–H groups in total. The van der Waals surface area contributed by atoms with E-state index in [0.29, 0.717) is 25.6 Å². The number of carbonyl (C=O) groups excluding carboxylic acids is 1. The van der Waals surface area contributed by atoms with Gasteiger partial charge in [0.2, 0.25) is 0 Å². The number of pyridine rings is 1. The number of aromatic nitrogens is 1. The summed E-state index contributed by atoms with van der Waals surface area (Å²) < 4.78 is 0. The molecule has 4 rings (SSSR count). The SMILES string of the molecule is NC1=NCC2(CCN(C(=O)c3cccc4ncccc34)CC2)N1. The topological polar surface area (TPSA) is 83.6 Å². The number of nitrogens with one attached hydrogen (secondary N) is 1. The van der Waals surface area contributed by atoms with Crippen molar-refractivity contribution in [3.05, 3.63) is 42.1 Å². The number of rotatable bonds is 1. The second-order valence-electron chi connectivity index (χ2n) is 6.27. The Morgan fingerprint density at radius 1 is 1.22 bits per heavy atom. The zero-order valence-electron chi connectivity index (χ0n) is 12.8. The van der Waals surface area contributed by atoms with E-state index in [-0.39, 0.29) is 11.4 Å². The molecule has 1 fully saturated rings. The first-order valence-electron chi connectivity index (χ1n) is 7.88. The minimum Gasteiger partial charge on any atom is -0.370 e. The van der Waals surface area contributed by atoms with Crippen molar-refractivity contribution >= 4 is 22.8 Å². The Hall–Kier alpha value is -2.63. The minimum atomic E-state index is -0.0544. The summed E-state index contributed by atoms with van der Waals surface area (Å²) in [6.45, 7) is 2.13. The maximum Gasteiger partial charge on any atom is 0.254 e. The molecule has 6 nitrogen and oxygen atoms in total. The van der Waals surface area contributed by atoms with E-state index in [9.17, 15) is 4.79 Å². The summed E-state index contributed by atoms with van der Waals surface area (Å²) in [4.78, 5) is 23.4. The van der Waals surface area contributed by atoms with Crippen LogP contribution in [0.15, 0.2) is 41.5 Å². The molecule has 0 bridgehead atoms. The highest BCUT2D eigenvalue weighted by molar-refractivity contribution is 6.06. The van der Waals surface area contributed by atoms with Crippen LogP contribution in [0, 0.1) is 0 Å². The van der Waals surface area contributed by atoms with Gasteiger partial charge in [0, 0.05) is 30.2 Å². The van der Waals surface area contributed by atoms with Crippen molar-refractivity contribution in [3.63, 3.8) is 0 Å². The molecule has 23 heavy (non-hydrogen) atoms. The average molecular weight is 309 g/mol. The molecular weight excluding hydrogens is 290 g/mol. The molecule has 0 atom stereocenters. The highest BCUT2D eigenvalue weighted by atomic mass is 16.2. The molecule has 6 heteroatoms. The first-order valence-corrected chi connectivity index (χ1v) is 7.88. The number of piperidine rings is 1. The van der Waals surface area contributed by atoms with E-state index in [2.05, 4.69) is 15.3 Å². The van der Waals surface area contributed by atoms with Gasteiger partial charge in [-0.25, -0.2) is 0 Å². The summed E-state index contributed by atoms with van der Waals surface area (Å²) in [6.07, 6.45) is 3.48. The minimum absolute atomic E-state index is 0.0544. The number of carbonyl (C=O) groups is 1.